The standard InChI is InChI=1S/C14H20N2O3/c1-19-14(18)11-4-5-12(15)13(7-11)16-6-2-3-10(8-16)9-17/h4-5,7,10,17H,2-3,6,8-9,15H2,1H3. The number of carbonyl (C=O) groups is 1. The van der Waals surface area contributed by atoms with Crippen molar-refractivity contribution in [2.45, 2.75) is 12.8 Å². The van der Waals surface area contributed by atoms with E-state index in [0.717, 1.165) is 31.6 Å². The molecule has 0 amide bonds. The highest BCUT2D eigenvalue weighted by molar-refractivity contribution is 5.92. The fourth-order valence-corrected chi connectivity index (χ4v) is 2.50. The maximum Gasteiger partial charge on any atom is 0.337 e. The monoisotopic (exact) mass is 264 g/mol. The van der Waals surface area contributed by atoms with Crippen LogP contribution >= 0.6 is 0 Å². The van der Waals surface area contributed by atoms with Gasteiger partial charge in [0.1, 0.15) is 0 Å². The zero-order valence-corrected chi connectivity index (χ0v) is 11.1. The fourth-order valence-electron chi connectivity index (χ4n) is 2.50. The Morgan fingerprint density at radius 2 is 2.37 bits per heavy atom. The van der Waals surface area contributed by atoms with Crippen LogP contribution < -0.4 is 10.6 Å². The second kappa shape index (κ2) is 5.93. The third kappa shape index (κ3) is 2.98. The van der Waals surface area contributed by atoms with Crippen LogP contribution in [0.15, 0.2) is 18.2 Å². The number of aliphatic hydroxyl groups excluding tert-OH is 1. The van der Waals surface area contributed by atoms with E-state index in [-0.39, 0.29) is 18.5 Å². The average Bonchev–Trinajstić information content (AvgIpc) is 2.47. The average molecular weight is 264 g/mol. The van der Waals surface area contributed by atoms with Crippen LogP contribution in [0.4, 0.5) is 11.4 Å². The first-order valence-corrected chi connectivity index (χ1v) is 6.49. The largest absolute Gasteiger partial charge is 0.465 e. The number of benzene rings is 1. The topological polar surface area (TPSA) is 75.8 Å². The van der Waals surface area contributed by atoms with E-state index in [0.29, 0.717) is 11.3 Å². The van der Waals surface area contributed by atoms with Crippen LogP contribution in [0.5, 0.6) is 0 Å². The minimum absolute atomic E-state index is 0.188. The molecule has 1 aromatic carbocycles. The summed E-state index contributed by atoms with van der Waals surface area (Å²) in [6, 6.07) is 5.16. The lowest BCUT2D eigenvalue weighted by Crippen LogP contribution is -2.37. The van der Waals surface area contributed by atoms with Gasteiger partial charge in [-0.15, -0.1) is 0 Å². The minimum atomic E-state index is -0.364. The number of hydrogen-bond acceptors (Lipinski definition) is 5. The summed E-state index contributed by atoms with van der Waals surface area (Å²) in [5.41, 5.74) is 7.98. The van der Waals surface area contributed by atoms with Crippen molar-refractivity contribution in [2.24, 2.45) is 5.92 Å². The van der Waals surface area contributed by atoms with Crippen molar-refractivity contribution >= 4 is 17.3 Å². The quantitative estimate of drug-likeness (QED) is 0.635. The van der Waals surface area contributed by atoms with Gasteiger partial charge < -0.3 is 20.5 Å². The molecule has 0 radical (unpaired) electrons. The first-order valence-electron chi connectivity index (χ1n) is 6.49. The second-order valence-corrected chi connectivity index (χ2v) is 4.90. The summed E-state index contributed by atoms with van der Waals surface area (Å²) in [7, 11) is 1.36. The molecule has 1 saturated heterocycles. The molecule has 104 valence electrons. The first-order chi connectivity index (χ1) is 9.15. The van der Waals surface area contributed by atoms with Gasteiger partial charge in [-0.05, 0) is 37.0 Å². The van der Waals surface area contributed by atoms with E-state index in [1.807, 2.05) is 0 Å². The summed E-state index contributed by atoms with van der Waals surface area (Å²) < 4.78 is 4.72. The number of nitrogens with two attached hydrogens (primary N) is 1. The van der Waals surface area contributed by atoms with Crippen molar-refractivity contribution in [3.05, 3.63) is 23.8 Å². The molecule has 0 aromatic heterocycles. The maximum absolute atomic E-state index is 11.6. The molecule has 0 saturated carbocycles. The molecule has 5 nitrogen and oxygen atoms in total. The van der Waals surface area contributed by atoms with Gasteiger partial charge in [0, 0.05) is 19.7 Å². The number of ether oxygens (including phenoxy) is 1. The Labute approximate surface area is 113 Å². The third-order valence-corrected chi connectivity index (χ3v) is 3.57. The molecule has 1 aliphatic rings. The van der Waals surface area contributed by atoms with Crippen LogP contribution in [0.3, 0.4) is 0 Å². The molecule has 1 aliphatic heterocycles. The van der Waals surface area contributed by atoms with Gasteiger partial charge >= 0.3 is 5.97 Å². The number of esters is 1. The van der Waals surface area contributed by atoms with Crippen LogP contribution in [-0.4, -0.2) is 37.9 Å². The predicted octanol–water partition coefficient (Wildman–Crippen LogP) is 1.26. The van der Waals surface area contributed by atoms with E-state index >= 15 is 0 Å². The Bertz CT molecular complexity index is 462. The lowest BCUT2D eigenvalue weighted by atomic mass is 9.98. The summed E-state index contributed by atoms with van der Waals surface area (Å²) in [6.45, 7) is 1.85. The highest BCUT2D eigenvalue weighted by atomic mass is 16.5. The van der Waals surface area contributed by atoms with Crippen molar-refractivity contribution in [3.8, 4) is 0 Å². The Kier molecular flexibility index (Phi) is 4.27. The molecule has 5 heteroatoms. The summed E-state index contributed by atoms with van der Waals surface area (Å²) >= 11 is 0. The molecule has 1 heterocycles. The van der Waals surface area contributed by atoms with Crippen LogP contribution in [0.2, 0.25) is 0 Å². The Hall–Kier alpha value is -1.75. The van der Waals surface area contributed by atoms with E-state index in [2.05, 4.69) is 4.90 Å². The molecule has 2 rings (SSSR count). The zero-order chi connectivity index (χ0) is 13.8. The van der Waals surface area contributed by atoms with Crippen molar-refractivity contribution in [1.82, 2.24) is 0 Å². The van der Waals surface area contributed by atoms with Crippen molar-refractivity contribution in [3.63, 3.8) is 0 Å². The molecule has 0 bridgehead atoms. The van der Waals surface area contributed by atoms with Gasteiger partial charge in [-0.3, -0.25) is 0 Å². The number of carbonyl (C=O) groups excluding carboxylic acids is 1. The Morgan fingerprint density at radius 1 is 1.58 bits per heavy atom. The number of hydrogen-bond donors (Lipinski definition) is 2. The second-order valence-electron chi connectivity index (χ2n) is 4.90. The van der Waals surface area contributed by atoms with Crippen LogP contribution in [0.1, 0.15) is 23.2 Å². The van der Waals surface area contributed by atoms with Gasteiger partial charge in [-0.25, -0.2) is 4.79 Å². The minimum Gasteiger partial charge on any atom is -0.465 e. The number of nitrogens with zero attached hydrogens (tertiary/aromatic N) is 1. The van der Waals surface area contributed by atoms with Crippen LogP contribution in [0, 0.1) is 5.92 Å². The molecular weight excluding hydrogens is 244 g/mol. The number of methoxy groups -OCH3 is 1. The highest BCUT2D eigenvalue weighted by Crippen LogP contribution is 2.29. The molecule has 1 atom stereocenters. The molecular formula is C14H20N2O3. The van der Waals surface area contributed by atoms with Crippen molar-refractivity contribution in [1.29, 1.82) is 0 Å². The molecule has 1 unspecified atom stereocenters. The van der Waals surface area contributed by atoms with E-state index in [9.17, 15) is 9.90 Å². The molecule has 0 aliphatic carbocycles. The fraction of sp³-hybridized carbons (Fsp3) is 0.500. The SMILES string of the molecule is COC(=O)c1ccc(N)c(N2CCCC(CO)C2)c1. The predicted molar refractivity (Wildman–Crippen MR) is 74.2 cm³/mol. The lowest BCUT2D eigenvalue weighted by Gasteiger charge is -2.34. The van der Waals surface area contributed by atoms with Gasteiger partial charge in [0.25, 0.3) is 0 Å². The van der Waals surface area contributed by atoms with Crippen molar-refractivity contribution in [2.75, 3.05) is 37.4 Å². The number of anilines is 2. The number of aliphatic hydroxyl groups is 1. The van der Waals surface area contributed by atoms with E-state index < -0.39 is 0 Å². The van der Waals surface area contributed by atoms with Crippen LogP contribution in [-0.2, 0) is 4.74 Å². The van der Waals surface area contributed by atoms with E-state index in [1.54, 1.807) is 18.2 Å². The highest BCUT2D eigenvalue weighted by Gasteiger charge is 2.21. The van der Waals surface area contributed by atoms with Gasteiger partial charge in [0.15, 0.2) is 0 Å². The summed E-state index contributed by atoms with van der Waals surface area (Å²) in [6.07, 6.45) is 2.05. The molecule has 1 fully saturated rings. The molecule has 19 heavy (non-hydrogen) atoms. The summed E-state index contributed by atoms with van der Waals surface area (Å²) in [5.74, 6) is -0.0908. The smallest absolute Gasteiger partial charge is 0.337 e. The first kappa shape index (κ1) is 13.7. The van der Waals surface area contributed by atoms with Crippen molar-refractivity contribution < 1.29 is 14.6 Å². The molecule has 1 aromatic rings. The molecule has 0 spiro atoms. The summed E-state index contributed by atoms with van der Waals surface area (Å²) in [4.78, 5) is 13.7. The number of rotatable bonds is 3. The summed E-state index contributed by atoms with van der Waals surface area (Å²) in [5, 5.41) is 9.27. The van der Waals surface area contributed by atoms with Gasteiger partial charge in [0.2, 0.25) is 0 Å². The van der Waals surface area contributed by atoms with Gasteiger partial charge in [-0.2, -0.15) is 0 Å². The van der Waals surface area contributed by atoms with E-state index in [4.69, 9.17) is 10.5 Å². The Balaban J connectivity index is 2.25. The third-order valence-electron chi connectivity index (χ3n) is 3.57. The van der Waals surface area contributed by atoms with E-state index in [1.165, 1.54) is 7.11 Å². The number of nitrogen functional groups attached to an aromatic ring is 1. The lowest BCUT2D eigenvalue weighted by molar-refractivity contribution is 0.0601. The van der Waals surface area contributed by atoms with Crippen LogP contribution in [0.25, 0.3) is 0 Å². The van der Waals surface area contributed by atoms with Gasteiger partial charge in [-0.1, -0.05) is 0 Å². The Morgan fingerprint density at radius 3 is 3.05 bits per heavy atom. The molecule has 3 N–H and O–H groups in total. The normalized spacial score (nSPS) is 19.3. The van der Waals surface area contributed by atoms with Gasteiger partial charge in [0.05, 0.1) is 24.0 Å². The zero-order valence-electron chi connectivity index (χ0n) is 11.1. The number of piperidine rings is 1. The maximum atomic E-state index is 11.6.